The molecule has 1 unspecified atom stereocenters. The molecule has 9 heteroatoms. The third-order valence-electron chi connectivity index (χ3n) is 6.50. The predicted octanol–water partition coefficient (Wildman–Crippen LogP) is 4.42. The first-order chi connectivity index (χ1) is 17.0. The van der Waals surface area contributed by atoms with Crippen LogP contribution in [0.5, 0.6) is 0 Å². The van der Waals surface area contributed by atoms with Crippen LogP contribution in [0, 0.1) is 6.92 Å². The Labute approximate surface area is 209 Å². The Bertz CT molecular complexity index is 1220. The Morgan fingerprint density at radius 3 is 2.57 bits per heavy atom. The molecular weight excluding hydrogens is 460 g/mol. The van der Waals surface area contributed by atoms with Crippen molar-refractivity contribution in [2.45, 2.75) is 50.7 Å². The smallest absolute Gasteiger partial charge is 0.237 e. The van der Waals surface area contributed by atoms with Crippen molar-refractivity contribution in [1.82, 2.24) is 14.8 Å². The van der Waals surface area contributed by atoms with E-state index in [-0.39, 0.29) is 30.0 Å². The van der Waals surface area contributed by atoms with E-state index in [1.54, 1.807) is 4.90 Å². The van der Waals surface area contributed by atoms with Crippen LogP contribution >= 0.6 is 11.8 Å². The molecular formula is C26H30N6O2S. The van der Waals surface area contributed by atoms with Crippen molar-refractivity contribution in [1.29, 1.82) is 0 Å². The first-order valence-electron chi connectivity index (χ1n) is 12.1. The molecule has 5 rings (SSSR count). The summed E-state index contributed by atoms with van der Waals surface area (Å²) in [4.78, 5) is 29.8. The molecule has 35 heavy (non-hydrogen) atoms. The molecule has 0 spiro atoms. The van der Waals surface area contributed by atoms with Gasteiger partial charge in [0.25, 0.3) is 0 Å². The number of piperidine rings is 1. The monoisotopic (exact) mass is 490 g/mol. The summed E-state index contributed by atoms with van der Waals surface area (Å²) >= 11 is 1.38. The van der Waals surface area contributed by atoms with Crippen LogP contribution in [0.15, 0.2) is 53.7 Å². The summed E-state index contributed by atoms with van der Waals surface area (Å²) in [5.74, 6) is 0.867. The van der Waals surface area contributed by atoms with Crippen LogP contribution in [0.2, 0.25) is 0 Å². The van der Waals surface area contributed by atoms with E-state index in [0.29, 0.717) is 10.8 Å². The van der Waals surface area contributed by atoms with E-state index in [9.17, 15) is 9.59 Å². The van der Waals surface area contributed by atoms with Gasteiger partial charge in [0.05, 0.1) is 22.8 Å². The number of carbonyl (C=O) groups is 2. The van der Waals surface area contributed by atoms with E-state index in [4.69, 9.17) is 0 Å². The summed E-state index contributed by atoms with van der Waals surface area (Å²) < 4.78 is 2.06. The van der Waals surface area contributed by atoms with Crippen molar-refractivity contribution in [3.05, 3.63) is 54.1 Å². The molecule has 1 atom stereocenters. The van der Waals surface area contributed by atoms with E-state index >= 15 is 0 Å². The van der Waals surface area contributed by atoms with Crippen LogP contribution in [0.25, 0.3) is 5.69 Å². The zero-order valence-electron chi connectivity index (χ0n) is 20.1. The van der Waals surface area contributed by atoms with Gasteiger partial charge >= 0.3 is 0 Å². The fraction of sp³-hybridized carbons (Fsp3) is 0.385. The van der Waals surface area contributed by atoms with Gasteiger partial charge in [-0.25, -0.2) is 0 Å². The molecule has 0 aliphatic carbocycles. The molecule has 0 radical (unpaired) electrons. The first kappa shape index (κ1) is 23.4. The Hall–Kier alpha value is -3.33. The van der Waals surface area contributed by atoms with Crippen LogP contribution in [-0.4, -0.2) is 51.5 Å². The second-order valence-electron chi connectivity index (χ2n) is 9.17. The maximum atomic E-state index is 13.5. The number of aromatic nitrogens is 3. The minimum atomic E-state index is -0.245. The summed E-state index contributed by atoms with van der Waals surface area (Å²) in [5, 5.41) is 12.6. The SMILES string of the molecule is Cc1ccc(-n2c(SCC(=O)N3c4ccccc4NC(=O)CC3C)nnc2N2CCCCC2)cc1. The summed E-state index contributed by atoms with van der Waals surface area (Å²) in [5.41, 5.74) is 3.56. The number of fused-ring (bicyclic) bond motifs is 1. The van der Waals surface area contributed by atoms with E-state index in [0.717, 1.165) is 43.3 Å². The summed E-state index contributed by atoms with van der Waals surface area (Å²) in [6.45, 7) is 5.89. The van der Waals surface area contributed by atoms with Crippen LogP contribution < -0.4 is 15.1 Å². The topological polar surface area (TPSA) is 83.4 Å². The zero-order chi connectivity index (χ0) is 24.4. The quantitative estimate of drug-likeness (QED) is 0.533. The van der Waals surface area contributed by atoms with Gasteiger partial charge in [-0.1, -0.05) is 41.6 Å². The van der Waals surface area contributed by atoms with Crippen molar-refractivity contribution in [3.8, 4) is 5.69 Å². The highest BCUT2D eigenvalue weighted by atomic mass is 32.2. The largest absolute Gasteiger partial charge is 0.341 e. The van der Waals surface area contributed by atoms with Gasteiger partial charge in [0.1, 0.15) is 0 Å². The number of aryl methyl sites for hydroxylation is 1. The number of carbonyl (C=O) groups excluding carboxylic acids is 2. The number of hydrogen-bond acceptors (Lipinski definition) is 6. The summed E-state index contributed by atoms with van der Waals surface area (Å²) in [6.07, 6.45) is 3.77. The highest BCUT2D eigenvalue weighted by Crippen LogP contribution is 2.33. The molecule has 3 aromatic rings. The lowest BCUT2D eigenvalue weighted by atomic mass is 10.1. The number of thioether (sulfide) groups is 1. The normalized spacial score (nSPS) is 18.1. The molecule has 2 aliphatic rings. The lowest BCUT2D eigenvalue weighted by Crippen LogP contribution is -2.40. The number of hydrogen-bond donors (Lipinski definition) is 1. The van der Waals surface area contributed by atoms with Crippen LogP contribution in [0.3, 0.4) is 0 Å². The molecule has 1 saturated heterocycles. The molecule has 2 amide bonds. The summed E-state index contributed by atoms with van der Waals surface area (Å²) in [6, 6.07) is 15.5. The van der Waals surface area contributed by atoms with Crippen molar-refractivity contribution >= 4 is 40.9 Å². The standard InChI is InChI=1S/C26H30N6O2S/c1-18-10-12-20(13-11-18)32-25(30-14-6-3-7-15-30)28-29-26(32)35-17-24(34)31-19(2)16-23(33)27-21-8-4-5-9-22(21)31/h4-5,8-13,19H,3,6-7,14-17H2,1-2H3,(H,27,33). The molecule has 182 valence electrons. The molecule has 2 aromatic carbocycles. The molecule has 0 saturated carbocycles. The Balaban J connectivity index is 1.42. The van der Waals surface area contributed by atoms with Crippen molar-refractivity contribution in [2.75, 3.05) is 34.0 Å². The Morgan fingerprint density at radius 1 is 1.06 bits per heavy atom. The Kier molecular flexibility index (Phi) is 6.77. The predicted molar refractivity (Wildman–Crippen MR) is 140 cm³/mol. The van der Waals surface area contributed by atoms with E-state index in [1.807, 2.05) is 31.2 Å². The maximum Gasteiger partial charge on any atom is 0.237 e. The number of anilines is 3. The maximum absolute atomic E-state index is 13.5. The van der Waals surface area contributed by atoms with Gasteiger partial charge in [-0.05, 0) is 57.4 Å². The van der Waals surface area contributed by atoms with Gasteiger partial charge < -0.3 is 15.1 Å². The number of benzene rings is 2. The van der Waals surface area contributed by atoms with Gasteiger partial charge in [-0.15, -0.1) is 10.2 Å². The van der Waals surface area contributed by atoms with Gasteiger partial charge in [0, 0.05) is 25.6 Å². The van der Waals surface area contributed by atoms with Crippen LogP contribution in [0.1, 0.15) is 38.2 Å². The molecule has 8 nitrogen and oxygen atoms in total. The van der Waals surface area contributed by atoms with Gasteiger partial charge in [0.2, 0.25) is 17.8 Å². The van der Waals surface area contributed by atoms with Crippen molar-refractivity contribution in [2.24, 2.45) is 0 Å². The highest BCUT2D eigenvalue weighted by Gasteiger charge is 2.30. The number of para-hydroxylation sites is 2. The van der Waals surface area contributed by atoms with Crippen molar-refractivity contribution in [3.63, 3.8) is 0 Å². The second kappa shape index (κ2) is 10.1. The molecule has 3 heterocycles. The lowest BCUT2D eigenvalue weighted by Gasteiger charge is -2.28. The molecule has 1 aromatic heterocycles. The average molecular weight is 491 g/mol. The third kappa shape index (κ3) is 4.91. The minimum Gasteiger partial charge on any atom is -0.341 e. The first-order valence-corrected chi connectivity index (χ1v) is 13.1. The fourth-order valence-corrected chi connectivity index (χ4v) is 5.54. The minimum absolute atomic E-state index is 0.0653. The fourth-order valence-electron chi connectivity index (χ4n) is 4.74. The molecule has 0 bridgehead atoms. The van der Waals surface area contributed by atoms with Gasteiger partial charge in [-0.3, -0.25) is 14.2 Å². The lowest BCUT2D eigenvalue weighted by molar-refractivity contribution is -0.117. The van der Waals surface area contributed by atoms with Gasteiger partial charge in [-0.2, -0.15) is 0 Å². The van der Waals surface area contributed by atoms with E-state index < -0.39 is 0 Å². The van der Waals surface area contributed by atoms with Gasteiger partial charge in [0.15, 0.2) is 5.16 Å². The number of amides is 2. The van der Waals surface area contributed by atoms with Crippen molar-refractivity contribution < 1.29 is 9.59 Å². The van der Waals surface area contributed by atoms with Crippen LogP contribution in [0.4, 0.5) is 17.3 Å². The second-order valence-corrected chi connectivity index (χ2v) is 10.1. The molecule has 1 N–H and O–H groups in total. The Morgan fingerprint density at radius 2 is 1.80 bits per heavy atom. The van der Waals surface area contributed by atoms with E-state index in [2.05, 4.69) is 56.2 Å². The molecule has 1 fully saturated rings. The van der Waals surface area contributed by atoms with E-state index in [1.165, 1.54) is 23.7 Å². The highest BCUT2D eigenvalue weighted by molar-refractivity contribution is 7.99. The number of nitrogens with zero attached hydrogens (tertiary/aromatic N) is 5. The average Bonchev–Trinajstić information content (AvgIpc) is 3.23. The number of rotatable bonds is 5. The third-order valence-corrected chi connectivity index (χ3v) is 7.41. The zero-order valence-corrected chi connectivity index (χ0v) is 20.9. The number of nitrogens with one attached hydrogen (secondary N) is 1. The molecule has 2 aliphatic heterocycles. The van der Waals surface area contributed by atoms with Crippen LogP contribution in [-0.2, 0) is 9.59 Å². The summed E-state index contributed by atoms with van der Waals surface area (Å²) in [7, 11) is 0.